The molecule has 0 saturated carbocycles. The highest BCUT2D eigenvalue weighted by Crippen LogP contribution is 2.24. The molecule has 1 aliphatic heterocycles. The van der Waals surface area contributed by atoms with Crippen molar-refractivity contribution in [2.45, 2.75) is 25.9 Å². The van der Waals surface area contributed by atoms with Gasteiger partial charge in [-0.3, -0.25) is 4.98 Å². The molecule has 0 spiro atoms. The molecule has 2 amide bonds. The Balaban J connectivity index is 1.64. The van der Waals surface area contributed by atoms with E-state index in [9.17, 15) is 13.6 Å². The van der Waals surface area contributed by atoms with E-state index in [1.807, 2.05) is 11.8 Å². The summed E-state index contributed by atoms with van der Waals surface area (Å²) in [6.45, 7) is 5.19. The van der Waals surface area contributed by atoms with Gasteiger partial charge in [-0.25, -0.2) is 13.6 Å². The average molecular weight is 390 g/mol. The van der Waals surface area contributed by atoms with Crippen LogP contribution in [0.2, 0.25) is 0 Å². The zero-order valence-electron chi connectivity index (χ0n) is 16.2. The number of halogens is 2. The number of nitrogens with one attached hydrogen (secondary N) is 1. The number of urea groups is 1. The number of nitrogens with zero attached hydrogens (tertiary/aromatic N) is 3. The first kappa shape index (κ1) is 19.9. The molecule has 2 atom stereocenters. The van der Waals surface area contributed by atoms with Gasteiger partial charge in [0.15, 0.2) is 5.82 Å². The molecule has 1 saturated heterocycles. The number of aromatic nitrogens is 1. The van der Waals surface area contributed by atoms with Gasteiger partial charge in [-0.05, 0) is 37.6 Å². The lowest BCUT2D eigenvalue weighted by molar-refractivity contribution is 0.168. The summed E-state index contributed by atoms with van der Waals surface area (Å²) < 4.78 is 32.8. The molecular weight excluding hydrogens is 366 g/mol. The van der Waals surface area contributed by atoms with E-state index in [0.29, 0.717) is 36.6 Å². The van der Waals surface area contributed by atoms with Gasteiger partial charge in [-0.1, -0.05) is 0 Å². The molecule has 2 heterocycles. The summed E-state index contributed by atoms with van der Waals surface area (Å²) in [5.74, 6) is -0.393. The normalized spacial score (nSPS) is 18.0. The third kappa shape index (κ3) is 4.32. The molecule has 6 nitrogen and oxygen atoms in total. The molecule has 1 aromatic carbocycles. The Morgan fingerprint density at radius 1 is 1.32 bits per heavy atom. The number of methoxy groups -OCH3 is 1. The van der Waals surface area contributed by atoms with Crippen molar-refractivity contribution in [3.63, 3.8) is 0 Å². The second kappa shape index (κ2) is 8.41. The van der Waals surface area contributed by atoms with Crippen LogP contribution in [0.15, 0.2) is 36.7 Å². The van der Waals surface area contributed by atoms with E-state index in [2.05, 4.69) is 10.3 Å². The number of amides is 2. The molecule has 0 aliphatic carbocycles. The number of benzene rings is 1. The Morgan fingerprint density at radius 3 is 2.79 bits per heavy atom. The van der Waals surface area contributed by atoms with Crippen LogP contribution in [-0.4, -0.2) is 48.7 Å². The molecule has 1 aliphatic rings. The average Bonchev–Trinajstić information content (AvgIpc) is 2.67. The Bertz CT molecular complexity index is 849. The van der Waals surface area contributed by atoms with Gasteiger partial charge < -0.3 is 19.9 Å². The van der Waals surface area contributed by atoms with E-state index in [4.69, 9.17) is 4.74 Å². The van der Waals surface area contributed by atoms with Crippen LogP contribution in [0, 0.1) is 11.6 Å². The largest absolute Gasteiger partial charge is 0.497 e. The molecule has 1 fully saturated rings. The SMILES string of the molecule is COc1cc(F)cc(C(C)NC(=O)N2CCN(c3ccncc3F)C[C@H]2C)c1. The van der Waals surface area contributed by atoms with Gasteiger partial charge in [0.25, 0.3) is 0 Å². The fourth-order valence-electron chi connectivity index (χ4n) is 3.41. The zero-order valence-corrected chi connectivity index (χ0v) is 16.2. The molecule has 150 valence electrons. The molecule has 0 bridgehead atoms. The van der Waals surface area contributed by atoms with Gasteiger partial charge in [0.05, 0.1) is 25.0 Å². The van der Waals surface area contributed by atoms with Crippen LogP contribution >= 0.6 is 0 Å². The number of carbonyl (C=O) groups excluding carboxylic acids is 1. The van der Waals surface area contributed by atoms with Crippen molar-refractivity contribution in [1.82, 2.24) is 15.2 Å². The molecule has 1 N–H and O–H groups in total. The topological polar surface area (TPSA) is 57.7 Å². The minimum Gasteiger partial charge on any atom is -0.497 e. The van der Waals surface area contributed by atoms with Gasteiger partial charge in [0.1, 0.15) is 11.6 Å². The van der Waals surface area contributed by atoms with Crippen molar-refractivity contribution in [2.75, 3.05) is 31.6 Å². The number of ether oxygens (including phenoxy) is 1. The highest BCUT2D eigenvalue weighted by atomic mass is 19.1. The maximum absolute atomic E-state index is 14.0. The van der Waals surface area contributed by atoms with Crippen LogP contribution in [0.5, 0.6) is 5.75 Å². The molecule has 3 rings (SSSR count). The number of piperazine rings is 1. The minimum atomic E-state index is -0.420. The highest BCUT2D eigenvalue weighted by molar-refractivity contribution is 5.75. The number of rotatable bonds is 4. The van der Waals surface area contributed by atoms with Crippen LogP contribution < -0.4 is 15.0 Å². The first-order valence-electron chi connectivity index (χ1n) is 9.15. The highest BCUT2D eigenvalue weighted by Gasteiger charge is 2.29. The van der Waals surface area contributed by atoms with Gasteiger partial charge >= 0.3 is 6.03 Å². The van der Waals surface area contributed by atoms with Crippen LogP contribution in [0.1, 0.15) is 25.5 Å². The number of hydrogen-bond acceptors (Lipinski definition) is 4. The van der Waals surface area contributed by atoms with Crippen molar-refractivity contribution < 1.29 is 18.3 Å². The van der Waals surface area contributed by atoms with E-state index in [1.165, 1.54) is 25.4 Å². The maximum atomic E-state index is 14.0. The third-order valence-electron chi connectivity index (χ3n) is 4.95. The number of hydrogen-bond donors (Lipinski definition) is 1. The summed E-state index contributed by atoms with van der Waals surface area (Å²) in [6, 6.07) is 5.26. The monoisotopic (exact) mass is 390 g/mol. The fraction of sp³-hybridized carbons (Fsp3) is 0.400. The van der Waals surface area contributed by atoms with Crippen molar-refractivity contribution >= 4 is 11.7 Å². The van der Waals surface area contributed by atoms with Crippen LogP contribution in [0.3, 0.4) is 0 Å². The predicted octanol–water partition coefficient (Wildman–Crippen LogP) is 3.35. The third-order valence-corrected chi connectivity index (χ3v) is 4.95. The first-order chi connectivity index (χ1) is 13.4. The lowest BCUT2D eigenvalue weighted by Gasteiger charge is -2.41. The fourth-order valence-corrected chi connectivity index (χ4v) is 3.41. The summed E-state index contributed by atoms with van der Waals surface area (Å²) in [6.07, 6.45) is 2.74. The molecule has 2 aromatic rings. The zero-order chi connectivity index (χ0) is 20.3. The van der Waals surface area contributed by atoms with Gasteiger partial charge in [-0.15, -0.1) is 0 Å². The van der Waals surface area contributed by atoms with E-state index in [-0.39, 0.29) is 23.9 Å². The van der Waals surface area contributed by atoms with Crippen LogP contribution in [-0.2, 0) is 0 Å². The lowest BCUT2D eigenvalue weighted by Crippen LogP contribution is -2.57. The molecular formula is C20H24F2N4O2. The lowest BCUT2D eigenvalue weighted by atomic mass is 10.1. The van der Waals surface area contributed by atoms with Crippen LogP contribution in [0.4, 0.5) is 19.3 Å². The molecule has 1 unspecified atom stereocenters. The van der Waals surface area contributed by atoms with Gasteiger partial charge in [-0.2, -0.15) is 0 Å². The van der Waals surface area contributed by atoms with Crippen molar-refractivity contribution in [3.05, 3.63) is 53.9 Å². The van der Waals surface area contributed by atoms with Crippen molar-refractivity contribution in [1.29, 1.82) is 0 Å². The summed E-state index contributed by atoms with van der Waals surface area (Å²) in [4.78, 5) is 20.1. The second-order valence-electron chi connectivity index (χ2n) is 6.91. The van der Waals surface area contributed by atoms with E-state index < -0.39 is 5.82 Å². The van der Waals surface area contributed by atoms with Gasteiger partial charge in [0.2, 0.25) is 0 Å². The minimum absolute atomic E-state index is 0.115. The van der Waals surface area contributed by atoms with E-state index in [0.717, 1.165) is 0 Å². The van der Waals surface area contributed by atoms with Crippen molar-refractivity contribution in [2.24, 2.45) is 0 Å². The Hall–Kier alpha value is -2.90. The molecule has 1 aromatic heterocycles. The molecule has 0 radical (unpaired) electrons. The standard InChI is InChI=1S/C20H24F2N4O2/c1-13-12-25(19-4-5-23-11-18(19)22)6-7-26(13)20(27)24-14(2)15-8-16(21)10-17(9-15)28-3/h4-5,8-11,13-14H,6-7,12H2,1-3H3,(H,24,27)/t13-,14?/m1/s1. The summed E-state index contributed by atoms with van der Waals surface area (Å²) in [5, 5.41) is 2.90. The summed E-state index contributed by atoms with van der Waals surface area (Å²) in [7, 11) is 1.47. The Labute approximate surface area is 163 Å². The quantitative estimate of drug-likeness (QED) is 0.870. The molecule has 28 heavy (non-hydrogen) atoms. The number of carbonyl (C=O) groups is 1. The van der Waals surface area contributed by atoms with E-state index >= 15 is 0 Å². The smallest absolute Gasteiger partial charge is 0.318 e. The number of pyridine rings is 1. The Kier molecular flexibility index (Phi) is 5.96. The van der Waals surface area contributed by atoms with Crippen LogP contribution in [0.25, 0.3) is 0 Å². The summed E-state index contributed by atoms with van der Waals surface area (Å²) >= 11 is 0. The van der Waals surface area contributed by atoms with Crippen molar-refractivity contribution in [3.8, 4) is 5.75 Å². The van der Waals surface area contributed by atoms with E-state index in [1.54, 1.807) is 30.2 Å². The maximum Gasteiger partial charge on any atom is 0.318 e. The summed E-state index contributed by atoms with van der Waals surface area (Å²) in [5.41, 5.74) is 1.11. The predicted molar refractivity (Wildman–Crippen MR) is 102 cm³/mol. The molecule has 8 heteroatoms. The van der Waals surface area contributed by atoms with Gasteiger partial charge in [0, 0.05) is 37.9 Å². The number of anilines is 1. The first-order valence-corrected chi connectivity index (χ1v) is 9.15. The Morgan fingerprint density at radius 2 is 2.11 bits per heavy atom. The second-order valence-corrected chi connectivity index (χ2v) is 6.91.